The number of aromatic hydroxyl groups is 1. The molecule has 0 spiro atoms. The lowest BCUT2D eigenvalue weighted by molar-refractivity contribution is -0.634. The lowest BCUT2D eigenvalue weighted by Gasteiger charge is -2.24. The Hall–Kier alpha value is -3.10. The number of hydrogen-bond donors (Lipinski definition) is 4. The molecule has 0 radical (unpaired) electrons. The van der Waals surface area contributed by atoms with Crippen LogP contribution < -0.4 is 10.7 Å². The van der Waals surface area contributed by atoms with Crippen molar-refractivity contribution in [3.8, 4) is 5.88 Å². The molecule has 0 atom stereocenters. The molecule has 1 aromatic heterocycles. The third kappa shape index (κ3) is 2.61. The Bertz CT molecular complexity index is 1070. The number of nitrogens with one attached hydrogen (secondary N) is 2. The van der Waals surface area contributed by atoms with Crippen LogP contribution in [-0.2, 0) is 15.1 Å². The van der Waals surface area contributed by atoms with Gasteiger partial charge >= 0.3 is 5.91 Å². The third-order valence-corrected chi connectivity index (χ3v) is 4.72. The molecule has 3 rings (SSSR count). The molecule has 150 valence electrons. The molecule has 4 N–H and O–H groups in total. The van der Waals surface area contributed by atoms with Crippen molar-refractivity contribution in [3.63, 3.8) is 0 Å². The minimum atomic E-state index is -0.695. The van der Waals surface area contributed by atoms with Crippen molar-refractivity contribution in [1.29, 1.82) is 0 Å². The molecule has 0 saturated heterocycles. The second kappa shape index (κ2) is 5.70. The van der Waals surface area contributed by atoms with E-state index in [4.69, 9.17) is 0 Å². The summed E-state index contributed by atoms with van der Waals surface area (Å²) in [5.74, 6) is -2.02. The average molecular weight is 389 g/mol. The van der Waals surface area contributed by atoms with Crippen LogP contribution in [0.1, 0.15) is 54.0 Å². The molecule has 1 amide bonds. The number of allylic oxidation sites excluding steroid dienone is 2. The first kappa shape index (κ1) is 19.7. The fraction of sp³-hybridized carbons (Fsp3) is 0.474. The predicted molar refractivity (Wildman–Crippen MR) is 102 cm³/mol. The van der Waals surface area contributed by atoms with Gasteiger partial charge in [-0.25, -0.2) is 4.68 Å². The number of rotatable bonds is 1. The first-order valence-electron chi connectivity index (χ1n) is 8.90. The number of ketones is 1. The van der Waals surface area contributed by atoms with E-state index in [2.05, 4.69) is 10.2 Å². The Kier molecular flexibility index (Phi) is 4.00. The standard InChI is InChI=1S/C19H24N4O5/c1-8-9(16(27)22(20-8)18(2,3)4)10-13(24)11(14(10)25)12-15(26)21-23(17(12)28)19(5,6)7/h24,28H,1-7H3,(H,21,26)/p+1/b10-9-. The van der Waals surface area contributed by atoms with Gasteiger partial charge < -0.3 is 10.2 Å². The summed E-state index contributed by atoms with van der Waals surface area (Å²) in [5, 5.41) is 27.8. The molecule has 0 bridgehead atoms. The minimum absolute atomic E-state index is 0.0624. The van der Waals surface area contributed by atoms with Crippen LogP contribution in [0.15, 0.2) is 21.7 Å². The molecular weight excluding hydrogens is 364 g/mol. The monoisotopic (exact) mass is 389 g/mol. The van der Waals surface area contributed by atoms with Crippen molar-refractivity contribution in [2.24, 2.45) is 0 Å². The summed E-state index contributed by atoms with van der Waals surface area (Å²) in [4.78, 5) is 37.9. The summed E-state index contributed by atoms with van der Waals surface area (Å²) < 4.78 is 1.23. The van der Waals surface area contributed by atoms with Crippen molar-refractivity contribution in [1.82, 2.24) is 14.8 Å². The van der Waals surface area contributed by atoms with Crippen molar-refractivity contribution < 1.29 is 24.9 Å². The number of aromatic amines is 1. The van der Waals surface area contributed by atoms with E-state index in [-0.39, 0.29) is 22.3 Å². The maximum atomic E-state index is 12.8. The van der Waals surface area contributed by atoms with Gasteiger partial charge in [0, 0.05) is 6.92 Å². The van der Waals surface area contributed by atoms with Crippen LogP contribution in [0, 0.1) is 0 Å². The van der Waals surface area contributed by atoms with E-state index in [9.17, 15) is 24.6 Å². The smallest absolute Gasteiger partial charge is 0.315 e. The number of hydrazine groups is 1. The van der Waals surface area contributed by atoms with Gasteiger partial charge in [0.25, 0.3) is 5.56 Å². The van der Waals surface area contributed by atoms with Crippen LogP contribution in [0.2, 0.25) is 0 Å². The Morgan fingerprint density at radius 3 is 1.86 bits per heavy atom. The lowest BCUT2D eigenvalue weighted by Crippen LogP contribution is -2.84. The van der Waals surface area contributed by atoms with Crippen LogP contribution in [0.25, 0.3) is 5.57 Å². The number of hydrazone groups is 1. The Balaban J connectivity index is 2.16. The molecule has 0 aromatic carbocycles. The van der Waals surface area contributed by atoms with E-state index < -0.39 is 40.0 Å². The maximum absolute atomic E-state index is 12.8. The minimum Gasteiger partial charge on any atom is -0.506 e. The van der Waals surface area contributed by atoms with E-state index in [1.165, 1.54) is 9.69 Å². The molecule has 1 aliphatic heterocycles. The number of aromatic nitrogens is 2. The summed E-state index contributed by atoms with van der Waals surface area (Å²) in [6.45, 7) is 12.4. The second-order valence-corrected chi connectivity index (χ2v) is 9.00. The fourth-order valence-corrected chi connectivity index (χ4v) is 3.31. The third-order valence-electron chi connectivity index (χ3n) is 4.72. The molecule has 9 nitrogen and oxygen atoms in total. The summed E-state index contributed by atoms with van der Waals surface area (Å²) in [6, 6.07) is 0. The van der Waals surface area contributed by atoms with Crippen LogP contribution in [0.5, 0.6) is 5.88 Å². The van der Waals surface area contributed by atoms with Gasteiger partial charge in [0.1, 0.15) is 16.9 Å². The Labute approximate surface area is 161 Å². The van der Waals surface area contributed by atoms with Crippen LogP contribution in [-0.4, -0.2) is 47.9 Å². The number of nitrogens with zero attached hydrogens (tertiary/aromatic N) is 2. The molecular formula is C19H25N4O5+. The van der Waals surface area contributed by atoms with Gasteiger partial charge in [-0.05, 0) is 41.5 Å². The Morgan fingerprint density at radius 2 is 1.46 bits per heavy atom. The second-order valence-electron chi connectivity index (χ2n) is 9.00. The zero-order valence-electron chi connectivity index (χ0n) is 17.0. The first-order chi connectivity index (χ1) is 12.7. The number of aliphatic hydroxyl groups is 1. The van der Waals surface area contributed by atoms with Gasteiger partial charge in [0.2, 0.25) is 17.4 Å². The van der Waals surface area contributed by atoms with E-state index in [1.54, 1.807) is 27.7 Å². The van der Waals surface area contributed by atoms with Gasteiger partial charge in [-0.1, -0.05) is 0 Å². The number of Topliss-reactive ketones (excluding diaryl/α,β-unsaturated/α-hetero) is 1. The van der Waals surface area contributed by atoms with Crippen molar-refractivity contribution in [3.05, 3.63) is 32.8 Å². The molecule has 1 aliphatic carbocycles. The highest BCUT2D eigenvalue weighted by Crippen LogP contribution is 2.41. The van der Waals surface area contributed by atoms with Gasteiger partial charge in [-0.15, -0.1) is 10.1 Å². The normalized spacial score (nSPS) is 20.8. The molecule has 0 fully saturated rings. The molecule has 2 aliphatic rings. The summed E-state index contributed by atoms with van der Waals surface area (Å²) >= 11 is 0. The van der Waals surface area contributed by atoms with Crippen LogP contribution in [0.3, 0.4) is 0 Å². The number of hydrogen-bond acceptors (Lipinski definition) is 5. The van der Waals surface area contributed by atoms with E-state index in [0.717, 1.165) is 0 Å². The molecule has 0 saturated carbocycles. The van der Waals surface area contributed by atoms with Gasteiger partial charge in [-0.3, -0.25) is 19.5 Å². The SMILES string of the molecule is CC1=[NH+]N(C(C)(C)C)C(=O)/C1=C1\C(=O)C(c2c(O)n(C(C)(C)C)[nH]c2=O)=C1O. The van der Waals surface area contributed by atoms with Gasteiger partial charge in [-0.2, -0.15) is 0 Å². The number of aliphatic hydroxyl groups excluding tert-OH is 1. The molecule has 9 heteroatoms. The maximum Gasteiger partial charge on any atom is 0.315 e. The van der Waals surface area contributed by atoms with Crippen molar-refractivity contribution in [2.45, 2.75) is 59.5 Å². The fourth-order valence-electron chi connectivity index (χ4n) is 3.31. The largest absolute Gasteiger partial charge is 0.506 e. The average Bonchev–Trinajstić information content (AvgIpc) is 2.99. The highest BCUT2D eigenvalue weighted by molar-refractivity contribution is 6.43. The summed E-state index contributed by atoms with van der Waals surface area (Å²) in [7, 11) is 0. The van der Waals surface area contributed by atoms with E-state index >= 15 is 0 Å². The number of H-pyrrole nitrogens is 1. The van der Waals surface area contributed by atoms with Gasteiger partial charge in [0.15, 0.2) is 0 Å². The van der Waals surface area contributed by atoms with Crippen molar-refractivity contribution >= 4 is 23.0 Å². The summed E-state index contributed by atoms with van der Waals surface area (Å²) in [6.07, 6.45) is 0. The highest BCUT2D eigenvalue weighted by atomic mass is 16.3. The zero-order valence-corrected chi connectivity index (χ0v) is 17.0. The van der Waals surface area contributed by atoms with Gasteiger partial charge in [0.05, 0.1) is 22.2 Å². The first-order valence-corrected chi connectivity index (χ1v) is 8.90. The van der Waals surface area contributed by atoms with Crippen molar-refractivity contribution in [2.75, 3.05) is 0 Å². The van der Waals surface area contributed by atoms with E-state index in [1.807, 2.05) is 20.8 Å². The van der Waals surface area contributed by atoms with E-state index in [0.29, 0.717) is 5.71 Å². The number of amides is 1. The van der Waals surface area contributed by atoms with Crippen LogP contribution in [0.4, 0.5) is 0 Å². The molecule has 1 aromatic rings. The zero-order chi connectivity index (χ0) is 21.3. The molecule has 0 unspecified atom stereocenters. The lowest BCUT2D eigenvalue weighted by atomic mass is 9.80. The Morgan fingerprint density at radius 1 is 0.893 bits per heavy atom. The molecule has 2 heterocycles. The number of carbonyl (C=O) groups is 2. The topological polar surface area (TPSA) is 130 Å². The number of carbonyl (C=O) groups excluding carboxylic acids is 2. The highest BCUT2D eigenvalue weighted by Gasteiger charge is 2.49. The molecule has 28 heavy (non-hydrogen) atoms. The predicted octanol–water partition coefficient (Wildman–Crippen LogP) is -0.117. The van der Waals surface area contributed by atoms with Crippen LogP contribution >= 0.6 is 0 Å². The summed E-state index contributed by atoms with van der Waals surface area (Å²) in [5.41, 5.74) is -2.14. The quantitative estimate of drug-likeness (QED) is 0.498.